The average molecular weight is 478 g/mol. The fourth-order valence-electron chi connectivity index (χ4n) is 6.11. The molecule has 2 fully saturated rings. The van der Waals surface area contributed by atoms with Crippen LogP contribution in [0.3, 0.4) is 0 Å². The van der Waals surface area contributed by atoms with Crippen LogP contribution in [0, 0.1) is 5.92 Å². The predicted molar refractivity (Wildman–Crippen MR) is 130 cm³/mol. The van der Waals surface area contributed by atoms with Crippen molar-refractivity contribution >= 4 is 18.0 Å². The van der Waals surface area contributed by atoms with Crippen LogP contribution in [0.4, 0.5) is 4.79 Å². The summed E-state index contributed by atoms with van der Waals surface area (Å²) < 4.78 is 5.66. The number of aliphatic carboxylic acids is 1. The number of benzene rings is 2. The minimum atomic E-state index is -0.858. The van der Waals surface area contributed by atoms with Crippen molar-refractivity contribution < 1.29 is 24.2 Å². The van der Waals surface area contributed by atoms with E-state index in [-0.39, 0.29) is 30.5 Å². The van der Waals surface area contributed by atoms with Crippen molar-refractivity contribution in [1.82, 2.24) is 15.1 Å². The zero-order chi connectivity index (χ0) is 24.7. The molecule has 0 aromatic heterocycles. The number of ether oxygens (including phenoxy) is 1. The monoisotopic (exact) mass is 477 g/mol. The molecule has 0 spiro atoms. The molecule has 184 valence electrons. The van der Waals surface area contributed by atoms with E-state index in [0.29, 0.717) is 19.4 Å². The van der Waals surface area contributed by atoms with E-state index in [0.717, 1.165) is 28.7 Å². The van der Waals surface area contributed by atoms with Gasteiger partial charge in [0.25, 0.3) is 0 Å². The van der Waals surface area contributed by atoms with Gasteiger partial charge in [0, 0.05) is 24.5 Å². The summed E-state index contributed by atoms with van der Waals surface area (Å²) in [5.74, 6) is -1.69. The number of nitrogens with zero attached hydrogens (tertiary/aromatic N) is 2. The highest BCUT2D eigenvalue weighted by Gasteiger charge is 2.52. The van der Waals surface area contributed by atoms with Crippen LogP contribution in [0.15, 0.2) is 48.5 Å². The van der Waals surface area contributed by atoms with Gasteiger partial charge < -0.3 is 25.0 Å². The first-order chi connectivity index (χ1) is 16.8. The highest BCUT2D eigenvalue weighted by molar-refractivity contribution is 5.88. The largest absolute Gasteiger partial charge is 0.481 e. The van der Waals surface area contributed by atoms with Crippen molar-refractivity contribution in [3.63, 3.8) is 0 Å². The van der Waals surface area contributed by atoms with Gasteiger partial charge in [0.1, 0.15) is 12.6 Å². The number of rotatable bonds is 7. The molecule has 2 aromatic rings. The van der Waals surface area contributed by atoms with Crippen molar-refractivity contribution in [3.8, 4) is 11.1 Å². The lowest BCUT2D eigenvalue weighted by molar-refractivity contribution is -0.143. The third kappa shape index (κ3) is 4.27. The Hall–Kier alpha value is -3.39. The summed E-state index contributed by atoms with van der Waals surface area (Å²) in [5.41, 5.74) is 4.54. The van der Waals surface area contributed by atoms with E-state index in [2.05, 4.69) is 29.6 Å². The standard InChI is InChI=1S/C27H31N3O5/c1-29(2)14-23(25(31)30-16-11-12-24(30)21(13-16)26(32)33)28-27(34)35-15-22-19-9-5-3-7-17(19)18-8-4-6-10-20(18)22/h3-10,16,21-24H,11-15H2,1-2H3,(H,28,34)(H,32,33)/t16-,21+,23?,24+/m1/s1. The fraction of sp³-hybridized carbons (Fsp3) is 0.444. The lowest BCUT2D eigenvalue weighted by Gasteiger charge is -2.30. The van der Waals surface area contributed by atoms with Gasteiger partial charge in [-0.15, -0.1) is 0 Å². The van der Waals surface area contributed by atoms with Crippen LogP contribution in [0.25, 0.3) is 11.1 Å². The second-order valence-electron chi connectivity index (χ2n) is 10.0. The Bertz CT molecular complexity index is 1100. The van der Waals surface area contributed by atoms with Crippen molar-refractivity contribution in [2.45, 2.75) is 43.3 Å². The first kappa shape index (κ1) is 23.4. The molecule has 2 heterocycles. The van der Waals surface area contributed by atoms with Crippen LogP contribution in [-0.4, -0.2) is 78.2 Å². The molecule has 2 N–H and O–H groups in total. The second-order valence-corrected chi connectivity index (χ2v) is 10.0. The summed E-state index contributed by atoms with van der Waals surface area (Å²) in [6.07, 6.45) is 1.33. The smallest absolute Gasteiger partial charge is 0.407 e. The molecule has 1 aliphatic carbocycles. The number of nitrogens with one attached hydrogen (secondary N) is 1. The van der Waals surface area contributed by atoms with Gasteiger partial charge in [-0.25, -0.2) is 4.79 Å². The van der Waals surface area contributed by atoms with Gasteiger partial charge >= 0.3 is 12.1 Å². The first-order valence-corrected chi connectivity index (χ1v) is 12.2. The predicted octanol–water partition coefficient (Wildman–Crippen LogP) is 2.92. The summed E-state index contributed by atoms with van der Waals surface area (Å²) in [4.78, 5) is 41.5. The minimum Gasteiger partial charge on any atom is -0.481 e. The van der Waals surface area contributed by atoms with Crippen molar-refractivity contribution in [1.29, 1.82) is 0 Å². The van der Waals surface area contributed by atoms with Crippen LogP contribution in [0.5, 0.6) is 0 Å². The van der Waals surface area contributed by atoms with Crippen LogP contribution in [-0.2, 0) is 14.3 Å². The number of fused-ring (bicyclic) bond motifs is 5. The molecule has 5 rings (SSSR count). The number of carbonyl (C=O) groups is 3. The normalized spacial score (nSPS) is 23.2. The molecule has 1 unspecified atom stereocenters. The zero-order valence-corrected chi connectivity index (χ0v) is 20.0. The van der Waals surface area contributed by atoms with Crippen molar-refractivity contribution in [2.75, 3.05) is 27.2 Å². The minimum absolute atomic E-state index is 0.0677. The summed E-state index contributed by atoms with van der Waals surface area (Å²) in [6.45, 7) is 0.468. The molecule has 35 heavy (non-hydrogen) atoms. The second kappa shape index (κ2) is 9.34. The number of hydrogen-bond acceptors (Lipinski definition) is 5. The third-order valence-electron chi connectivity index (χ3n) is 7.59. The van der Waals surface area contributed by atoms with E-state index < -0.39 is 24.0 Å². The Morgan fingerprint density at radius 3 is 2.26 bits per heavy atom. The number of carbonyl (C=O) groups excluding carboxylic acids is 2. The topological polar surface area (TPSA) is 99.2 Å². The summed E-state index contributed by atoms with van der Waals surface area (Å²) in [6, 6.07) is 15.0. The lowest BCUT2D eigenvalue weighted by atomic mass is 9.89. The van der Waals surface area contributed by atoms with Gasteiger partial charge in [0.15, 0.2) is 0 Å². The molecule has 4 atom stereocenters. The molecule has 2 saturated heterocycles. The van der Waals surface area contributed by atoms with Gasteiger partial charge in [-0.1, -0.05) is 48.5 Å². The zero-order valence-electron chi connectivity index (χ0n) is 20.0. The number of likely N-dealkylation sites (N-methyl/N-ethyl adjacent to an activating group) is 1. The molecule has 3 aliphatic rings. The van der Waals surface area contributed by atoms with E-state index in [1.807, 2.05) is 43.3 Å². The van der Waals surface area contributed by atoms with Crippen LogP contribution in [0.1, 0.15) is 36.3 Å². The number of amides is 2. The molecule has 8 heteroatoms. The fourth-order valence-corrected chi connectivity index (χ4v) is 6.11. The number of alkyl carbamates (subject to hydrolysis) is 1. The van der Waals surface area contributed by atoms with Gasteiger partial charge in [-0.05, 0) is 55.6 Å². The summed E-state index contributed by atoms with van der Waals surface area (Å²) >= 11 is 0. The third-order valence-corrected chi connectivity index (χ3v) is 7.59. The number of carboxylic acid groups (broad SMARTS) is 1. The Morgan fingerprint density at radius 1 is 1.06 bits per heavy atom. The quantitative estimate of drug-likeness (QED) is 0.636. The molecule has 2 aromatic carbocycles. The van der Waals surface area contributed by atoms with E-state index in [4.69, 9.17) is 4.74 Å². The molecule has 2 bridgehead atoms. The molecule has 2 amide bonds. The van der Waals surface area contributed by atoms with Crippen LogP contribution in [0.2, 0.25) is 0 Å². The summed E-state index contributed by atoms with van der Waals surface area (Å²) in [7, 11) is 3.66. The maximum atomic E-state index is 13.5. The maximum Gasteiger partial charge on any atom is 0.407 e. The van der Waals surface area contributed by atoms with E-state index in [9.17, 15) is 19.5 Å². The van der Waals surface area contributed by atoms with Crippen molar-refractivity contribution in [2.24, 2.45) is 5.92 Å². The van der Waals surface area contributed by atoms with E-state index in [1.54, 1.807) is 4.90 Å². The molecule has 0 radical (unpaired) electrons. The molecular formula is C27H31N3O5. The Balaban J connectivity index is 1.27. The summed E-state index contributed by atoms with van der Waals surface area (Å²) in [5, 5.41) is 12.3. The maximum absolute atomic E-state index is 13.5. The van der Waals surface area contributed by atoms with Gasteiger partial charge in [-0.3, -0.25) is 9.59 Å². The molecule has 8 nitrogen and oxygen atoms in total. The SMILES string of the molecule is CN(C)CC(NC(=O)OCC1c2ccccc2-c2ccccc21)C(=O)N1[C@@H]2CC[C@H]1[C@@H](C(=O)O)C2. The van der Waals surface area contributed by atoms with Crippen LogP contribution >= 0.6 is 0 Å². The highest BCUT2D eigenvalue weighted by atomic mass is 16.5. The van der Waals surface area contributed by atoms with Crippen LogP contribution < -0.4 is 5.32 Å². The van der Waals surface area contributed by atoms with Gasteiger partial charge in [-0.2, -0.15) is 0 Å². The van der Waals surface area contributed by atoms with Crippen molar-refractivity contribution in [3.05, 3.63) is 59.7 Å². The Morgan fingerprint density at radius 2 is 1.69 bits per heavy atom. The molecule has 0 saturated carbocycles. The Labute approximate surface area is 204 Å². The Kier molecular flexibility index (Phi) is 6.23. The average Bonchev–Trinajstić information content (AvgIpc) is 3.51. The van der Waals surface area contributed by atoms with E-state index >= 15 is 0 Å². The lowest BCUT2D eigenvalue weighted by Crippen LogP contribution is -2.54. The molecular weight excluding hydrogens is 446 g/mol. The number of carboxylic acids is 1. The van der Waals surface area contributed by atoms with Gasteiger partial charge in [0.2, 0.25) is 5.91 Å². The van der Waals surface area contributed by atoms with E-state index in [1.165, 1.54) is 0 Å². The highest BCUT2D eigenvalue weighted by Crippen LogP contribution is 2.45. The number of hydrogen-bond donors (Lipinski definition) is 2. The first-order valence-electron chi connectivity index (χ1n) is 12.2. The molecule has 2 aliphatic heterocycles. The van der Waals surface area contributed by atoms with Gasteiger partial charge in [0.05, 0.1) is 5.92 Å².